The van der Waals surface area contributed by atoms with Gasteiger partial charge in [-0.3, -0.25) is 0 Å². The predicted molar refractivity (Wildman–Crippen MR) is 160 cm³/mol. The van der Waals surface area contributed by atoms with E-state index in [0.717, 1.165) is 11.1 Å². The van der Waals surface area contributed by atoms with E-state index in [1.165, 1.54) is 17.9 Å². The zero-order chi connectivity index (χ0) is 34.4. The number of para-hydroxylation sites is 1. The van der Waals surface area contributed by atoms with E-state index >= 15 is 0 Å². The van der Waals surface area contributed by atoms with Gasteiger partial charge in [-0.05, 0) is 81.5 Å². The summed E-state index contributed by atoms with van der Waals surface area (Å²) in [7, 11) is 0. The van der Waals surface area contributed by atoms with Crippen LogP contribution in [-0.4, -0.2) is 41.2 Å². The number of halogens is 10. The number of benzene rings is 3. The summed E-state index contributed by atoms with van der Waals surface area (Å²) in [6.45, 7) is 8.63. The second-order valence-electron chi connectivity index (χ2n) is 11.2. The summed E-state index contributed by atoms with van der Waals surface area (Å²) >= 11 is 6.40. The normalized spacial score (nSPS) is 15.5. The number of nitrogens with zero attached hydrogens (tertiary/aromatic N) is 4. The molecule has 0 atom stereocenters. The minimum Gasteiger partial charge on any atom is -0.342 e. The first-order chi connectivity index (χ1) is 21.2. The predicted octanol–water partition coefficient (Wildman–Crippen LogP) is 10.4. The number of hydrogen-bond acceptors (Lipinski definition) is 2. The van der Waals surface area contributed by atoms with Crippen molar-refractivity contribution in [3.8, 4) is 0 Å². The van der Waals surface area contributed by atoms with Crippen molar-refractivity contribution in [1.29, 1.82) is 0 Å². The summed E-state index contributed by atoms with van der Waals surface area (Å²) in [4.78, 5) is 11.9. The topological polar surface area (TPSA) is 31.2 Å². The molecule has 0 amide bonds. The van der Waals surface area contributed by atoms with Crippen molar-refractivity contribution in [3.63, 3.8) is 0 Å². The van der Waals surface area contributed by atoms with Gasteiger partial charge in [-0.2, -0.15) is 39.5 Å². The van der Waals surface area contributed by atoms with Crippen molar-refractivity contribution in [2.24, 2.45) is 9.98 Å². The van der Waals surface area contributed by atoms with Gasteiger partial charge in [0.25, 0.3) is 0 Å². The molecule has 0 unspecified atom stereocenters. The molecule has 0 bridgehead atoms. The fraction of sp³-hybridized carbons (Fsp3) is 0.375. The van der Waals surface area contributed by atoms with Crippen LogP contribution in [0.25, 0.3) is 0 Å². The highest BCUT2D eigenvalue weighted by Gasteiger charge is 2.47. The lowest BCUT2D eigenvalue weighted by atomic mass is 9.94. The van der Waals surface area contributed by atoms with Crippen LogP contribution in [0.1, 0.15) is 57.9 Å². The van der Waals surface area contributed by atoms with Gasteiger partial charge in [-0.25, -0.2) is 9.98 Å². The van der Waals surface area contributed by atoms with E-state index < -0.39 is 46.6 Å². The minimum atomic E-state index is -5.61. The van der Waals surface area contributed by atoms with Crippen LogP contribution in [0.3, 0.4) is 0 Å². The molecule has 1 saturated heterocycles. The molecule has 248 valence electrons. The molecule has 0 radical (unpaired) electrons. The van der Waals surface area contributed by atoms with Gasteiger partial charge in [0.05, 0.1) is 39.8 Å². The maximum absolute atomic E-state index is 14.5. The lowest BCUT2D eigenvalue weighted by Gasteiger charge is -2.39. The molecule has 3 aromatic carbocycles. The van der Waals surface area contributed by atoms with E-state index in [9.17, 15) is 39.5 Å². The Bertz CT molecular complexity index is 1610. The van der Waals surface area contributed by atoms with Crippen LogP contribution in [-0.2, 0) is 18.5 Å². The molecule has 1 fully saturated rings. The standard InChI is InChI=1S/C32H30ClF9N4/c1-17-12-20(4)28(25(33)13-17)44-29(26-23(31(37,38)39)14-22(30(34,35)36)15-24(26)32(40,41)42)46-11-7-10-45(16-46)21(5)43-27-18(2)8-6-9-19(27)3/h6,8-9,12-15H,7,10-11,16H2,1-5H3/b43-21+,44-29+. The molecule has 3 aromatic rings. The second kappa shape index (κ2) is 12.8. The van der Waals surface area contributed by atoms with E-state index in [1.54, 1.807) is 24.8 Å². The molecule has 1 aliphatic rings. The van der Waals surface area contributed by atoms with E-state index in [2.05, 4.69) is 4.99 Å². The van der Waals surface area contributed by atoms with Gasteiger partial charge in [0.1, 0.15) is 11.7 Å². The molecule has 0 saturated carbocycles. The number of aryl methyl sites for hydroxylation is 4. The van der Waals surface area contributed by atoms with Crippen molar-refractivity contribution in [3.05, 3.63) is 92.0 Å². The van der Waals surface area contributed by atoms with Crippen molar-refractivity contribution in [2.45, 2.75) is 59.6 Å². The molecule has 4 nitrogen and oxygen atoms in total. The molecule has 0 spiro atoms. The van der Waals surface area contributed by atoms with Crippen LogP contribution in [0.5, 0.6) is 0 Å². The van der Waals surface area contributed by atoms with E-state index in [1.807, 2.05) is 32.0 Å². The summed E-state index contributed by atoms with van der Waals surface area (Å²) in [5.74, 6) is -0.377. The number of hydrogen-bond donors (Lipinski definition) is 0. The maximum Gasteiger partial charge on any atom is 0.417 e. The first kappa shape index (κ1) is 35.1. The first-order valence-corrected chi connectivity index (χ1v) is 14.4. The summed E-state index contributed by atoms with van der Waals surface area (Å²) in [6, 6.07) is 7.97. The van der Waals surface area contributed by atoms with E-state index in [-0.39, 0.29) is 42.5 Å². The Morgan fingerprint density at radius 1 is 0.696 bits per heavy atom. The first-order valence-electron chi connectivity index (χ1n) is 14.0. The summed E-state index contributed by atoms with van der Waals surface area (Å²) in [6.07, 6.45) is -16.4. The zero-order valence-corrected chi connectivity index (χ0v) is 26.2. The van der Waals surface area contributed by atoms with Crippen molar-refractivity contribution in [2.75, 3.05) is 19.8 Å². The molecular weight excluding hydrogens is 647 g/mol. The number of aliphatic imine (C=N–C) groups is 2. The molecule has 1 heterocycles. The highest BCUT2D eigenvalue weighted by Crippen LogP contribution is 2.45. The van der Waals surface area contributed by atoms with Crippen LogP contribution >= 0.6 is 11.6 Å². The Kier molecular flexibility index (Phi) is 9.78. The molecular formula is C32H30ClF9N4. The van der Waals surface area contributed by atoms with Crippen LogP contribution in [0.4, 0.5) is 50.9 Å². The molecule has 1 aliphatic heterocycles. The van der Waals surface area contributed by atoms with Gasteiger partial charge in [0.15, 0.2) is 0 Å². The molecule has 46 heavy (non-hydrogen) atoms. The van der Waals surface area contributed by atoms with Crippen LogP contribution in [0, 0.1) is 27.7 Å². The molecule has 0 aliphatic carbocycles. The Hall–Kier alpha value is -3.74. The van der Waals surface area contributed by atoms with Crippen LogP contribution in [0.2, 0.25) is 5.02 Å². The summed E-state index contributed by atoms with van der Waals surface area (Å²) in [5.41, 5.74) is -4.57. The molecule has 4 rings (SSSR count). The van der Waals surface area contributed by atoms with Gasteiger partial charge in [-0.15, -0.1) is 0 Å². The Labute approximate surface area is 265 Å². The highest BCUT2D eigenvalue weighted by molar-refractivity contribution is 6.33. The largest absolute Gasteiger partial charge is 0.417 e. The number of rotatable bonds is 3. The van der Waals surface area contributed by atoms with Crippen LogP contribution in [0.15, 0.2) is 52.4 Å². The lowest BCUT2D eigenvalue weighted by molar-refractivity contribution is -0.148. The highest BCUT2D eigenvalue weighted by atomic mass is 35.5. The second-order valence-corrected chi connectivity index (χ2v) is 11.6. The fourth-order valence-electron chi connectivity index (χ4n) is 5.39. The van der Waals surface area contributed by atoms with Crippen molar-refractivity contribution < 1.29 is 39.5 Å². The van der Waals surface area contributed by atoms with Gasteiger partial charge >= 0.3 is 18.5 Å². The molecule has 0 N–H and O–H groups in total. The van der Waals surface area contributed by atoms with Crippen molar-refractivity contribution in [1.82, 2.24) is 9.80 Å². The molecule has 14 heteroatoms. The Balaban J connectivity index is 2.01. The quantitative estimate of drug-likeness (QED) is 0.157. The number of amidine groups is 2. The van der Waals surface area contributed by atoms with Gasteiger partial charge in [0.2, 0.25) is 0 Å². The summed E-state index contributed by atoms with van der Waals surface area (Å²) in [5, 5.41) is -0.0503. The Morgan fingerprint density at radius 2 is 1.24 bits per heavy atom. The third kappa shape index (κ3) is 7.62. The SMILES string of the molecule is C/C(=N\c1c(C)cccc1C)N1CCCN(/C(=N/c2c(C)cc(C)cc2Cl)c2c(C(F)(F)F)cc(C(F)(F)F)cc2C(F)(F)F)C1. The van der Waals surface area contributed by atoms with Gasteiger partial charge < -0.3 is 9.80 Å². The fourth-order valence-corrected chi connectivity index (χ4v) is 5.75. The third-order valence-corrected chi connectivity index (χ3v) is 7.87. The summed E-state index contributed by atoms with van der Waals surface area (Å²) < 4.78 is 128. The average Bonchev–Trinajstić information content (AvgIpc) is 2.92. The van der Waals surface area contributed by atoms with Crippen molar-refractivity contribution >= 4 is 34.6 Å². The van der Waals surface area contributed by atoms with Crippen LogP contribution < -0.4 is 0 Å². The van der Waals surface area contributed by atoms with E-state index in [4.69, 9.17) is 16.6 Å². The third-order valence-electron chi connectivity index (χ3n) is 7.58. The number of alkyl halides is 9. The van der Waals surface area contributed by atoms with Gasteiger partial charge in [0, 0.05) is 18.7 Å². The van der Waals surface area contributed by atoms with Gasteiger partial charge in [-0.1, -0.05) is 35.9 Å². The minimum absolute atomic E-state index is 0.0503. The monoisotopic (exact) mass is 676 g/mol. The average molecular weight is 677 g/mol. The zero-order valence-electron chi connectivity index (χ0n) is 25.4. The molecule has 0 aromatic heterocycles. The Morgan fingerprint density at radius 3 is 1.74 bits per heavy atom. The lowest BCUT2D eigenvalue weighted by Crippen LogP contribution is -2.50. The maximum atomic E-state index is 14.5. The van der Waals surface area contributed by atoms with E-state index in [0.29, 0.717) is 29.2 Å². The smallest absolute Gasteiger partial charge is 0.342 e.